The van der Waals surface area contributed by atoms with E-state index in [2.05, 4.69) is 13.8 Å². The molecule has 0 saturated carbocycles. The lowest BCUT2D eigenvalue weighted by atomic mass is 10.5. The van der Waals surface area contributed by atoms with E-state index in [1.165, 1.54) is 0 Å². The fourth-order valence-electron chi connectivity index (χ4n) is 1.90. The summed E-state index contributed by atoms with van der Waals surface area (Å²) in [7, 11) is -13.3. The van der Waals surface area contributed by atoms with Gasteiger partial charge in [-0.2, -0.15) is 13.8 Å². The SMILES string of the molecule is [B-][P@](=O)(OC[C@@H]1O[C@H](n2cc(F)c(N)nc2=O)CS1)OP(=O)(O)C(F)(F)P(=O)(O)O. The fourth-order valence-corrected chi connectivity index (χ4v) is 6.79. The predicted octanol–water partition coefficient (Wildman–Crippen LogP) is 0.776. The topological polar surface area (TPSA) is 200 Å². The Labute approximate surface area is 170 Å². The average molecular weight is 515 g/mol. The molecule has 5 N–H and O–H groups in total. The summed E-state index contributed by atoms with van der Waals surface area (Å²) in [4.78, 5) is 41.0. The molecule has 1 aliphatic heterocycles. The van der Waals surface area contributed by atoms with Crippen molar-refractivity contribution < 1.29 is 55.1 Å². The summed E-state index contributed by atoms with van der Waals surface area (Å²) in [6.45, 7) is -0.796. The molecule has 1 fully saturated rings. The van der Waals surface area contributed by atoms with Crippen LogP contribution in [0.3, 0.4) is 0 Å². The Kier molecular flexibility index (Phi) is 7.42. The standard InChI is InChI=1S/C9H12BF3N3O10P3S/c10-29(23,26-28(21,22)9(12,13)27(18,19)20)24-2-6-25-5(3-30-6)16-1-4(11)7(14)15-8(16)17/h1,5-6H,2-3H2,(H,21,22)(H2,14,15,17)(H2,18,19,20)/q-1/t5-,6+,29-/m0/s1. The number of thioether (sulfide) groups is 1. The van der Waals surface area contributed by atoms with Gasteiger partial charge >= 0.3 is 26.3 Å². The van der Waals surface area contributed by atoms with Gasteiger partial charge in [0.15, 0.2) is 11.6 Å². The van der Waals surface area contributed by atoms with Gasteiger partial charge in [-0.25, -0.2) is 9.18 Å². The maximum absolute atomic E-state index is 13.5. The highest BCUT2D eigenvalue weighted by molar-refractivity contribution is 8.00. The second kappa shape index (κ2) is 8.70. The molecular weight excluding hydrogens is 503 g/mol. The first-order chi connectivity index (χ1) is 13.5. The zero-order chi connectivity index (χ0) is 23.1. The van der Waals surface area contributed by atoms with Gasteiger partial charge in [0.1, 0.15) is 11.7 Å². The molecule has 21 heteroatoms. The van der Waals surface area contributed by atoms with Gasteiger partial charge in [0.2, 0.25) is 0 Å². The molecule has 2 rings (SSSR count). The number of nitrogens with two attached hydrogens (primary N) is 1. The number of anilines is 1. The second-order valence-electron chi connectivity index (χ2n) is 5.51. The third-order valence-corrected chi connectivity index (χ3v) is 9.61. The Morgan fingerprint density at radius 3 is 2.57 bits per heavy atom. The Bertz CT molecular complexity index is 1020. The first kappa shape index (κ1) is 25.6. The summed E-state index contributed by atoms with van der Waals surface area (Å²) in [5, 5.41) is -5.60. The molecule has 0 bridgehead atoms. The van der Waals surface area contributed by atoms with E-state index in [-0.39, 0.29) is 5.75 Å². The smallest absolute Gasteiger partial charge is 0.443 e. The molecule has 13 nitrogen and oxygen atoms in total. The number of nitrogen functional groups attached to an aromatic ring is 1. The Morgan fingerprint density at radius 2 is 2.00 bits per heavy atom. The van der Waals surface area contributed by atoms with E-state index in [0.717, 1.165) is 22.5 Å². The van der Waals surface area contributed by atoms with Crippen molar-refractivity contribution in [2.75, 3.05) is 18.1 Å². The number of ether oxygens (including phenoxy) is 1. The van der Waals surface area contributed by atoms with Crippen LogP contribution in [0.25, 0.3) is 0 Å². The Hall–Kier alpha value is -0.665. The van der Waals surface area contributed by atoms with Gasteiger partial charge in [0, 0.05) is 5.75 Å². The summed E-state index contributed by atoms with van der Waals surface area (Å²) >= 11 is 0.908. The van der Waals surface area contributed by atoms with Crippen molar-refractivity contribution in [1.29, 1.82) is 0 Å². The number of hydrogen-bond donors (Lipinski definition) is 4. The van der Waals surface area contributed by atoms with Gasteiger partial charge < -0.3 is 41.8 Å². The molecule has 169 valence electrons. The molecule has 3 radical (unpaired) electrons. The van der Waals surface area contributed by atoms with Crippen molar-refractivity contribution in [1.82, 2.24) is 9.55 Å². The Balaban J connectivity index is 2.02. The van der Waals surface area contributed by atoms with E-state index in [9.17, 15) is 31.7 Å². The molecule has 0 aromatic carbocycles. The molecule has 0 spiro atoms. The van der Waals surface area contributed by atoms with E-state index >= 15 is 0 Å². The minimum absolute atomic E-state index is 0.0173. The fraction of sp³-hybridized carbons (Fsp3) is 0.556. The molecule has 4 atom stereocenters. The van der Waals surface area contributed by atoms with E-state index in [1.54, 1.807) is 0 Å². The van der Waals surface area contributed by atoms with Crippen LogP contribution >= 0.6 is 34.4 Å². The quantitative estimate of drug-likeness (QED) is 0.280. The van der Waals surface area contributed by atoms with Crippen LogP contribution in [0.1, 0.15) is 6.23 Å². The van der Waals surface area contributed by atoms with Gasteiger partial charge in [-0.3, -0.25) is 18.0 Å². The minimum atomic E-state index is -6.54. The Morgan fingerprint density at radius 1 is 1.40 bits per heavy atom. The lowest BCUT2D eigenvalue weighted by molar-refractivity contribution is -0.00337. The minimum Gasteiger partial charge on any atom is -0.443 e. The van der Waals surface area contributed by atoms with E-state index < -0.39 is 63.7 Å². The first-order valence-electron chi connectivity index (χ1n) is 7.29. The van der Waals surface area contributed by atoms with Gasteiger partial charge in [-0.15, -0.1) is 11.8 Å². The molecule has 2 heterocycles. The van der Waals surface area contributed by atoms with Crippen molar-refractivity contribution in [3.63, 3.8) is 0 Å². The molecule has 1 aliphatic rings. The maximum Gasteiger partial charge on any atom is 0.444 e. The van der Waals surface area contributed by atoms with Gasteiger partial charge in [-0.1, -0.05) is 0 Å². The van der Waals surface area contributed by atoms with Gasteiger partial charge in [0.25, 0.3) is 0 Å². The monoisotopic (exact) mass is 515 g/mol. The molecular formula is C9H12BF3N3O10P3S-. The summed E-state index contributed by atoms with van der Waals surface area (Å²) in [5.74, 6) is -1.63. The highest BCUT2D eigenvalue weighted by Crippen LogP contribution is 2.77. The number of rotatable bonds is 8. The van der Waals surface area contributed by atoms with Crippen LogP contribution in [0.15, 0.2) is 11.0 Å². The van der Waals surface area contributed by atoms with Crippen molar-refractivity contribution in [3.8, 4) is 0 Å². The highest BCUT2D eigenvalue weighted by Gasteiger charge is 2.65. The maximum atomic E-state index is 13.5. The molecule has 1 unspecified atom stereocenters. The van der Waals surface area contributed by atoms with E-state index in [0.29, 0.717) is 0 Å². The van der Waals surface area contributed by atoms with Crippen LogP contribution in [-0.4, -0.2) is 55.0 Å². The second-order valence-corrected chi connectivity index (χ2v) is 12.3. The number of nitrogens with zero attached hydrogens (tertiary/aromatic N) is 2. The number of alkyl halides is 2. The van der Waals surface area contributed by atoms with Crippen LogP contribution in [0.5, 0.6) is 0 Å². The number of aromatic nitrogens is 2. The molecule has 1 saturated heterocycles. The average Bonchev–Trinajstić information content (AvgIpc) is 3.03. The zero-order valence-corrected chi connectivity index (χ0v) is 17.8. The highest BCUT2D eigenvalue weighted by atomic mass is 32.2. The van der Waals surface area contributed by atoms with Crippen LogP contribution in [0.2, 0.25) is 0 Å². The van der Waals surface area contributed by atoms with Gasteiger partial charge in [-0.05, 0) is 0 Å². The summed E-state index contributed by atoms with van der Waals surface area (Å²) in [6, 6.07) is 0. The summed E-state index contributed by atoms with van der Waals surface area (Å²) in [5.41, 5.74) is 3.12. The lowest BCUT2D eigenvalue weighted by Gasteiger charge is -2.32. The van der Waals surface area contributed by atoms with Crippen molar-refractivity contribution in [3.05, 3.63) is 22.5 Å². The van der Waals surface area contributed by atoms with Crippen molar-refractivity contribution >= 4 is 47.8 Å². The van der Waals surface area contributed by atoms with Crippen LogP contribution in [0.4, 0.5) is 19.0 Å². The first-order valence-corrected chi connectivity index (χ1v) is 13.1. The third kappa shape index (κ3) is 5.57. The van der Waals surface area contributed by atoms with Crippen molar-refractivity contribution in [2.45, 2.75) is 17.1 Å². The molecule has 30 heavy (non-hydrogen) atoms. The molecule has 1 aromatic rings. The predicted molar refractivity (Wildman–Crippen MR) is 96.4 cm³/mol. The number of hydrogen-bond acceptors (Lipinski definition) is 10. The van der Waals surface area contributed by atoms with Crippen molar-refractivity contribution in [2.24, 2.45) is 0 Å². The van der Waals surface area contributed by atoms with Crippen LogP contribution in [0, 0.1) is 5.82 Å². The van der Waals surface area contributed by atoms with Gasteiger partial charge in [0.05, 0.1) is 20.3 Å². The van der Waals surface area contributed by atoms with Crippen LogP contribution in [-0.2, 0) is 27.3 Å². The molecule has 1 aromatic heterocycles. The normalized spacial score (nSPS) is 24.4. The lowest BCUT2D eigenvalue weighted by Crippen LogP contribution is -2.30. The summed E-state index contributed by atoms with van der Waals surface area (Å²) in [6.07, 6.45) is -0.359. The largest absolute Gasteiger partial charge is 0.444 e. The van der Waals surface area contributed by atoms with E-state index in [1.807, 2.05) is 0 Å². The van der Waals surface area contributed by atoms with E-state index in [4.69, 9.17) is 32.7 Å². The molecule has 0 aliphatic carbocycles. The van der Waals surface area contributed by atoms with Crippen LogP contribution < -0.4 is 11.4 Å². The molecule has 0 amide bonds. The summed E-state index contributed by atoms with van der Waals surface area (Å²) < 4.78 is 88.4. The number of halogens is 3. The third-order valence-electron chi connectivity index (χ3n) is 3.28. The zero-order valence-electron chi connectivity index (χ0n) is 14.3.